The maximum absolute atomic E-state index is 11.0. The van der Waals surface area contributed by atoms with E-state index in [1.807, 2.05) is 11.8 Å². The van der Waals surface area contributed by atoms with Gasteiger partial charge in [0.1, 0.15) is 0 Å². The summed E-state index contributed by atoms with van der Waals surface area (Å²) in [6.07, 6.45) is 9.38. The van der Waals surface area contributed by atoms with Gasteiger partial charge in [0.15, 0.2) is 0 Å². The molecule has 0 aromatic carbocycles. The molecule has 2 rings (SSSR count). The number of nitrogens with one attached hydrogen (secondary N) is 2. The van der Waals surface area contributed by atoms with Gasteiger partial charge in [-0.3, -0.25) is 4.79 Å². The number of hydrogen-bond acceptors (Lipinski definition) is 3. The molecule has 0 aromatic heterocycles. The second-order valence-electron chi connectivity index (χ2n) is 5.03. The predicted molar refractivity (Wildman–Crippen MR) is 68.7 cm³/mol. The minimum Gasteiger partial charge on any atom is -0.352 e. The first-order valence-electron chi connectivity index (χ1n) is 6.29. The summed E-state index contributed by atoms with van der Waals surface area (Å²) in [5, 5.41) is 6.55. The number of rotatable bonds is 5. The van der Waals surface area contributed by atoms with E-state index in [2.05, 4.69) is 16.9 Å². The average Bonchev–Trinajstić information content (AvgIpc) is 2.89. The Hall–Kier alpha value is -0.220. The smallest absolute Gasteiger partial charge is 0.220 e. The molecule has 2 N–H and O–H groups in total. The van der Waals surface area contributed by atoms with Gasteiger partial charge in [0, 0.05) is 30.3 Å². The molecule has 0 aromatic rings. The van der Waals surface area contributed by atoms with Gasteiger partial charge in [-0.25, -0.2) is 0 Å². The molecule has 1 atom stereocenters. The van der Waals surface area contributed by atoms with E-state index in [9.17, 15) is 4.79 Å². The van der Waals surface area contributed by atoms with Gasteiger partial charge in [0.25, 0.3) is 0 Å². The first-order valence-corrected chi connectivity index (χ1v) is 7.52. The largest absolute Gasteiger partial charge is 0.352 e. The SMILES string of the molecule is CSC1(CNCC2CCC(=O)N2)CCCC1. The lowest BCUT2D eigenvalue weighted by atomic mass is 10.1. The maximum atomic E-state index is 11.0. The third kappa shape index (κ3) is 2.92. The van der Waals surface area contributed by atoms with Crippen molar-refractivity contribution in [3.8, 4) is 0 Å². The van der Waals surface area contributed by atoms with E-state index >= 15 is 0 Å². The van der Waals surface area contributed by atoms with Crippen molar-refractivity contribution in [2.24, 2.45) is 0 Å². The predicted octanol–water partition coefficient (Wildman–Crippen LogP) is 1.53. The molecular weight excluding hydrogens is 220 g/mol. The van der Waals surface area contributed by atoms with E-state index in [4.69, 9.17) is 0 Å². The fraction of sp³-hybridized carbons (Fsp3) is 0.917. The minimum atomic E-state index is 0.215. The highest BCUT2D eigenvalue weighted by Crippen LogP contribution is 2.39. The monoisotopic (exact) mass is 242 g/mol. The third-order valence-corrected chi connectivity index (χ3v) is 5.29. The van der Waals surface area contributed by atoms with Crippen LogP contribution in [0, 0.1) is 0 Å². The lowest BCUT2D eigenvalue weighted by Gasteiger charge is -2.27. The zero-order chi connectivity index (χ0) is 11.4. The van der Waals surface area contributed by atoms with Gasteiger partial charge >= 0.3 is 0 Å². The van der Waals surface area contributed by atoms with Crippen molar-refractivity contribution >= 4 is 17.7 Å². The quantitative estimate of drug-likeness (QED) is 0.768. The molecule has 4 heteroatoms. The highest BCUT2D eigenvalue weighted by Gasteiger charge is 2.32. The van der Waals surface area contributed by atoms with Crippen molar-refractivity contribution in [1.82, 2.24) is 10.6 Å². The minimum absolute atomic E-state index is 0.215. The molecule has 16 heavy (non-hydrogen) atoms. The summed E-state index contributed by atoms with van der Waals surface area (Å²) in [6.45, 7) is 2.04. The summed E-state index contributed by atoms with van der Waals surface area (Å²) in [5.41, 5.74) is 0. The summed E-state index contributed by atoms with van der Waals surface area (Å²) in [4.78, 5) is 11.0. The van der Waals surface area contributed by atoms with Gasteiger partial charge in [-0.1, -0.05) is 12.8 Å². The first kappa shape index (κ1) is 12.2. The highest BCUT2D eigenvalue weighted by atomic mass is 32.2. The molecule has 1 saturated carbocycles. The molecule has 1 heterocycles. The van der Waals surface area contributed by atoms with Crippen molar-refractivity contribution in [3.63, 3.8) is 0 Å². The molecule has 0 spiro atoms. The molecule has 2 fully saturated rings. The fourth-order valence-corrected chi connectivity index (χ4v) is 3.72. The molecular formula is C12H22N2OS. The van der Waals surface area contributed by atoms with Crippen molar-refractivity contribution in [3.05, 3.63) is 0 Å². The van der Waals surface area contributed by atoms with Crippen LogP contribution in [0.2, 0.25) is 0 Å². The van der Waals surface area contributed by atoms with Crippen LogP contribution in [0.15, 0.2) is 0 Å². The van der Waals surface area contributed by atoms with Crippen LogP contribution in [0.3, 0.4) is 0 Å². The lowest BCUT2D eigenvalue weighted by Crippen LogP contribution is -2.41. The molecule has 2 aliphatic rings. The van der Waals surface area contributed by atoms with E-state index in [-0.39, 0.29) is 5.91 Å². The summed E-state index contributed by atoms with van der Waals surface area (Å²) in [7, 11) is 0. The molecule has 0 radical (unpaired) electrons. The summed E-state index contributed by atoms with van der Waals surface area (Å²) in [5.74, 6) is 0.215. The van der Waals surface area contributed by atoms with E-state index in [1.54, 1.807) is 0 Å². The fourth-order valence-electron chi connectivity index (χ4n) is 2.78. The molecule has 1 unspecified atom stereocenters. The zero-order valence-corrected chi connectivity index (χ0v) is 10.9. The Bertz CT molecular complexity index is 251. The van der Waals surface area contributed by atoms with Crippen LogP contribution >= 0.6 is 11.8 Å². The van der Waals surface area contributed by atoms with Gasteiger partial charge < -0.3 is 10.6 Å². The molecule has 92 valence electrons. The number of thioether (sulfide) groups is 1. The number of amides is 1. The Morgan fingerprint density at radius 2 is 2.25 bits per heavy atom. The van der Waals surface area contributed by atoms with Crippen molar-refractivity contribution < 1.29 is 4.79 Å². The van der Waals surface area contributed by atoms with Crippen LogP contribution in [-0.4, -0.2) is 36.0 Å². The molecule has 3 nitrogen and oxygen atoms in total. The molecule has 0 bridgehead atoms. The Morgan fingerprint density at radius 3 is 2.81 bits per heavy atom. The van der Waals surface area contributed by atoms with Crippen LogP contribution in [0.4, 0.5) is 0 Å². The van der Waals surface area contributed by atoms with Crippen molar-refractivity contribution in [2.45, 2.75) is 49.3 Å². The van der Waals surface area contributed by atoms with Gasteiger partial charge in [0.05, 0.1) is 0 Å². The average molecular weight is 242 g/mol. The van der Waals surface area contributed by atoms with Crippen molar-refractivity contribution in [2.75, 3.05) is 19.3 Å². The van der Waals surface area contributed by atoms with Crippen LogP contribution < -0.4 is 10.6 Å². The number of carbonyl (C=O) groups is 1. The number of hydrogen-bond donors (Lipinski definition) is 2. The molecule has 1 amide bonds. The van der Waals surface area contributed by atoms with Crippen LogP contribution in [0.25, 0.3) is 0 Å². The Kier molecular flexibility index (Phi) is 4.14. The maximum Gasteiger partial charge on any atom is 0.220 e. The second kappa shape index (κ2) is 5.41. The van der Waals surface area contributed by atoms with Gasteiger partial charge in [0.2, 0.25) is 5.91 Å². The highest BCUT2D eigenvalue weighted by molar-refractivity contribution is 8.00. The zero-order valence-electron chi connectivity index (χ0n) is 10.1. The normalized spacial score (nSPS) is 28.3. The molecule has 1 aliphatic carbocycles. The molecule has 1 saturated heterocycles. The third-order valence-electron chi connectivity index (χ3n) is 3.87. The van der Waals surface area contributed by atoms with Crippen LogP contribution in [0.1, 0.15) is 38.5 Å². The van der Waals surface area contributed by atoms with Gasteiger partial charge in [-0.15, -0.1) is 0 Å². The second-order valence-corrected chi connectivity index (χ2v) is 6.30. The Labute approximate surface area is 102 Å². The summed E-state index contributed by atoms with van der Waals surface area (Å²) >= 11 is 2.01. The van der Waals surface area contributed by atoms with Gasteiger partial charge in [-0.05, 0) is 25.5 Å². The van der Waals surface area contributed by atoms with Crippen molar-refractivity contribution in [1.29, 1.82) is 0 Å². The van der Waals surface area contributed by atoms with Gasteiger partial charge in [-0.2, -0.15) is 11.8 Å². The Morgan fingerprint density at radius 1 is 1.50 bits per heavy atom. The Balaban J connectivity index is 1.68. The van der Waals surface area contributed by atoms with Crippen LogP contribution in [-0.2, 0) is 4.79 Å². The number of carbonyl (C=O) groups excluding carboxylic acids is 1. The molecule has 1 aliphatic heterocycles. The lowest BCUT2D eigenvalue weighted by molar-refractivity contribution is -0.119. The standard InChI is InChI=1S/C12H22N2OS/c1-16-12(6-2-3-7-12)9-13-8-10-4-5-11(15)14-10/h10,13H,2-9H2,1H3,(H,14,15). The topological polar surface area (TPSA) is 41.1 Å². The van der Waals surface area contributed by atoms with E-state index < -0.39 is 0 Å². The van der Waals surface area contributed by atoms with E-state index in [1.165, 1.54) is 25.7 Å². The van der Waals surface area contributed by atoms with E-state index in [0.717, 1.165) is 19.5 Å². The summed E-state index contributed by atoms with van der Waals surface area (Å²) in [6, 6.07) is 0.368. The summed E-state index contributed by atoms with van der Waals surface area (Å²) < 4.78 is 0.475. The van der Waals surface area contributed by atoms with E-state index in [0.29, 0.717) is 17.2 Å². The first-order chi connectivity index (χ1) is 7.74. The van der Waals surface area contributed by atoms with Crippen LogP contribution in [0.5, 0.6) is 0 Å².